The fraction of sp³-hybridized carbons (Fsp3) is 0. The minimum absolute atomic E-state index is 0.0209. The van der Waals surface area contributed by atoms with Crippen LogP contribution in [0.1, 0.15) is 10.4 Å². The molecule has 0 spiro atoms. The number of phenolic OH excluding ortho intramolecular Hbond substituents is 1. The van der Waals surface area contributed by atoms with Gasteiger partial charge in [0.15, 0.2) is 11.6 Å². The second kappa shape index (κ2) is 5.01. The van der Waals surface area contributed by atoms with Crippen LogP contribution < -0.4 is 5.32 Å². The number of anilines is 1. The molecule has 0 heterocycles. The number of benzene rings is 2. The van der Waals surface area contributed by atoms with Crippen LogP contribution in [0.25, 0.3) is 0 Å². The lowest BCUT2D eigenvalue weighted by Crippen LogP contribution is -2.12. The second-order valence-electron chi connectivity index (χ2n) is 3.74. The maximum absolute atomic E-state index is 12.9. The number of phenols is 1. The van der Waals surface area contributed by atoms with Gasteiger partial charge in [-0.2, -0.15) is 0 Å². The minimum atomic E-state index is -1.11. The highest BCUT2D eigenvalue weighted by Crippen LogP contribution is 2.20. The van der Waals surface area contributed by atoms with Gasteiger partial charge >= 0.3 is 0 Å². The van der Waals surface area contributed by atoms with Gasteiger partial charge in [-0.15, -0.1) is 0 Å². The van der Waals surface area contributed by atoms with Crippen molar-refractivity contribution in [3.8, 4) is 5.75 Å². The van der Waals surface area contributed by atoms with Crippen molar-refractivity contribution >= 4 is 11.6 Å². The Bertz CT molecular complexity index is 644. The number of carbonyl (C=O) groups excluding carboxylic acids is 1. The maximum Gasteiger partial charge on any atom is 0.259 e. The summed E-state index contributed by atoms with van der Waals surface area (Å²) in [6, 6.07) is 5.68. The van der Waals surface area contributed by atoms with E-state index in [4.69, 9.17) is 0 Å². The van der Waals surface area contributed by atoms with E-state index in [9.17, 15) is 23.1 Å². The lowest BCUT2D eigenvalue weighted by molar-refractivity contribution is 0.102. The predicted molar refractivity (Wildman–Crippen MR) is 62.4 cm³/mol. The van der Waals surface area contributed by atoms with E-state index in [-0.39, 0.29) is 11.3 Å². The van der Waals surface area contributed by atoms with E-state index in [1.807, 2.05) is 0 Å². The van der Waals surface area contributed by atoms with Crippen molar-refractivity contribution in [3.05, 3.63) is 59.4 Å². The van der Waals surface area contributed by atoms with Gasteiger partial charge in [-0.1, -0.05) is 0 Å². The zero-order chi connectivity index (χ0) is 14.0. The molecule has 0 aliphatic rings. The van der Waals surface area contributed by atoms with Gasteiger partial charge in [0.05, 0.1) is 5.56 Å². The van der Waals surface area contributed by atoms with Crippen molar-refractivity contribution in [1.29, 1.82) is 0 Å². The van der Waals surface area contributed by atoms with E-state index in [1.165, 1.54) is 0 Å². The second-order valence-corrected chi connectivity index (χ2v) is 3.74. The fourth-order valence-electron chi connectivity index (χ4n) is 1.47. The number of halogens is 3. The molecule has 2 aromatic carbocycles. The first-order valence-electron chi connectivity index (χ1n) is 5.22. The van der Waals surface area contributed by atoms with Crippen LogP contribution in [0.4, 0.5) is 18.9 Å². The van der Waals surface area contributed by atoms with Crippen LogP contribution in [0.15, 0.2) is 36.4 Å². The van der Waals surface area contributed by atoms with Crippen molar-refractivity contribution < 1.29 is 23.1 Å². The third-order valence-corrected chi connectivity index (χ3v) is 2.38. The molecule has 19 heavy (non-hydrogen) atoms. The van der Waals surface area contributed by atoms with Gasteiger partial charge in [0.2, 0.25) is 0 Å². The molecule has 2 N–H and O–H groups in total. The molecule has 98 valence electrons. The number of carbonyl (C=O) groups is 1. The summed E-state index contributed by atoms with van der Waals surface area (Å²) in [5.41, 5.74) is -0.154. The van der Waals surface area contributed by atoms with E-state index in [0.29, 0.717) is 0 Å². The fourth-order valence-corrected chi connectivity index (χ4v) is 1.47. The van der Waals surface area contributed by atoms with Crippen LogP contribution in [0.3, 0.4) is 0 Å². The lowest BCUT2D eigenvalue weighted by Gasteiger charge is -2.07. The van der Waals surface area contributed by atoms with E-state index in [1.54, 1.807) is 0 Å². The quantitative estimate of drug-likeness (QED) is 0.878. The molecule has 0 radical (unpaired) electrons. The highest BCUT2D eigenvalue weighted by Gasteiger charge is 2.13. The Kier molecular flexibility index (Phi) is 3.41. The van der Waals surface area contributed by atoms with Crippen LogP contribution in [0, 0.1) is 17.5 Å². The molecule has 0 saturated heterocycles. The molecule has 2 rings (SSSR count). The van der Waals surface area contributed by atoms with Crippen molar-refractivity contribution in [2.75, 3.05) is 5.32 Å². The number of amides is 1. The Hall–Kier alpha value is -2.50. The van der Waals surface area contributed by atoms with Gasteiger partial charge in [0.25, 0.3) is 5.91 Å². The van der Waals surface area contributed by atoms with E-state index < -0.39 is 29.1 Å². The molecule has 2 aromatic rings. The van der Waals surface area contributed by atoms with Crippen LogP contribution in [-0.2, 0) is 0 Å². The van der Waals surface area contributed by atoms with E-state index in [0.717, 1.165) is 36.4 Å². The SMILES string of the molecule is O=C(Nc1ccc(F)c(F)c1)c1ccc(F)cc1O. The van der Waals surface area contributed by atoms with Crippen LogP contribution in [0.2, 0.25) is 0 Å². The molecular weight excluding hydrogens is 259 g/mol. The van der Waals surface area contributed by atoms with Gasteiger partial charge in [-0.25, -0.2) is 13.2 Å². The molecular formula is C13H8F3NO2. The topological polar surface area (TPSA) is 49.3 Å². The van der Waals surface area contributed by atoms with Crippen LogP contribution in [0.5, 0.6) is 5.75 Å². The average Bonchev–Trinajstić information content (AvgIpc) is 2.33. The van der Waals surface area contributed by atoms with E-state index in [2.05, 4.69) is 5.32 Å². The molecule has 0 aromatic heterocycles. The summed E-state index contributed by atoms with van der Waals surface area (Å²) in [6.45, 7) is 0. The molecule has 1 amide bonds. The summed E-state index contributed by atoms with van der Waals surface area (Å²) in [5, 5.41) is 11.7. The highest BCUT2D eigenvalue weighted by molar-refractivity contribution is 6.06. The molecule has 0 saturated carbocycles. The zero-order valence-electron chi connectivity index (χ0n) is 9.45. The van der Waals surface area contributed by atoms with Crippen molar-refractivity contribution in [2.24, 2.45) is 0 Å². The van der Waals surface area contributed by atoms with Crippen LogP contribution in [-0.4, -0.2) is 11.0 Å². The number of hydrogen-bond donors (Lipinski definition) is 2. The Morgan fingerprint density at radius 1 is 1.00 bits per heavy atom. The Morgan fingerprint density at radius 2 is 1.74 bits per heavy atom. The summed E-state index contributed by atoms with van der Waals surface area (Å²) in [5.74, 6) is -4.14. The lowest BCUT2D eigenvalue weighted by atomic mass is 10.1. The third kappa shape index (κ3) is 2.85. The van der Waals surface area contributed by atoms with Crippen molar-refractivity contribution in [1.82, 2.24) is 0 Å². The highest BCUT2D eigenvalue weighted by atomic mass is 19.2. The first kappa shape index (κ1) is 12.9. The zero-order valence-corrected chi connectivity index (χ0v) is 9.45. The van der Waals surface area contributed by atoms with Gasteiger partial charge in [-0.05, 0) is 24.3 Å². The molecule has 0 aliphatic heterocycles. The van der Waals surface area contributed by atoms with E-state index >= 15 is 0 Å². The summed E-state index contributed by atoms with van der Waals surface area (Å²) in [6.07, 6.45) is 0. The third-order valence-electron chi connectivity index (χ3n) is 2.38. The van der Waals surface area contributed by atoms with Crippen LogP contribution >= 0.6 is 0 Å². The summed E-state index contributed by atoms with van der Waals surface area (Å²) in [7, 11) is 0. The monoisotopic (exact) mass is 267 g/mol. The van der Waals surface area contributed by atoms with Crippen molar-refractivity contribution in [3.63, 3.8) is 0 Å². The molecule has 0 atom stereocenters. The van der Waals surface area contributed by atoms with Gasteiger partial charge < -0.3 is 10.4 Å². The van der Waals surface area contributed by atoms with Crippen molar-refractivity contribution in [2.45, 2.75) is 0 Å². The molecule has 0 aliphatic carbocycles. The normalized spacial score (nSPS) is 10.3. The predicted octanol–water partition coefficient (Wildman–Crippen LogP) is 3.06. The van der Waals surface area contributed by atoms with Gasteiger partial charge in [0, 0.05) is 17.8 Å². The molecule has 0 bridgehead atoms. The maximum atomic E-state index is 12.9. The standard InChI is InChI=1S/C13H8F3NO2/c14-7-1-3-9(12(18)5-7)13(19)17-8-2-4-10(15)11(16)6-8/h1-6,18H,(H,17,19). The number of aromatic hydroxyl groups is 1. The summed E-state index contributed by atoms with van der Waals surface area (Å²) < 4.78 is 38.4. The van der Waals surface area contributed by atoms with Gasteiger partial charge in [-0.3, -0.25) is 4.79 Å². The molecule has 0 fully saturated rings. The molecule has 0 unspecified atom stereocenters. The minimum Gasteiger partial charge on any atom is -0.507 e. The summed E-state index contributed by atoms with van der Waals surface area (Å²) in [4.78, 5) is 11.7. The number of nitrogens with one attached hydrogen (secondary N) is 1. The number of hydrogen-bond acceptors (Lipinski definition) is 2. The molecule has 3 nitrogen and oxygen atoms in total. The largest absolute Gasteiger partial charge is 0.507 e. The Morgan fingerprint density at radius 3 is 2.37 bits per heavy atom. The first-order valence-corrected chi connectivity index (χ1v) is 5.22. The molecule has 6 heteroatoms. The Labute approximate surface area is 106 Å². The first-order chi connectivity index (χ1) is 8.97. The summed E-state index contributed by atoms with van der Waals surface area (Å²) >= 11 is 0. The number of rotatable bonds is 2. The smallest absolute Gasteiger partial charge is 0.259 e. The Balaban J connectivity index is 2.23. The van der Waals surface area contributed by atoms with Gasteiger partial charge in [0.1, 0.15) is 11.6 Å². The average molecular weight is 267 g/mol.